The van der Waals surface area contributed by atoms with Crippen LogP contribution in [0.4, 0.5) is 4.39 Å². The topological polar surface area (TPSA) is 46.2 Å². The van der Waals surface area contributed by atoms with Crippen molar-refractivity contribution in [1.29, 1.82) is 0 Å². The molecule has 4 rings (SSSR count). The molecule has 108 valence electrons. The van der Waals surface area contributed by atoms with Crippen LogP contribution in [0.2, 0.25) is 0 Å². The maximum atomic E-state index is 14.0. The van der Waals surface area contributed by atoms with Crippen molar-refractivity contribution in [3.8, 4) is 0 Å². The minimum atomic E-state index is -0.477. The maximum absolute atomic E-state index is 14.0. The van der Waals surface area contributed by atoms with Crippen molar-refractivity contribution in [3.05, 3.63) is 35.6 Å². The normalized spacial score (nSPS) is 40.5. The van der Waals surface area contributed by atoms with Crippen LogP contribution in [0, 0.1) is 35.4 Å². The minimum Gasteiger partial charge on any atom is -0.392 e. The summed E-state index contributed by atoms with van der Waals surface area (Å²) in [6.07, 6.45) is 3.56. The zero-order valence-corrected chi connectivity index (χ0v) is 11.6. The van der Waals surface area contributed by atoms with Gasteiger partial charge in [-0.25, -0.2) is 4.39 Å². The Balaban J connectivity index is 1.56. The minimum absolute atomic E-state index is 0.240. The Kier molecular flexibility index (Phi) is 2.90. The first-order valence-electron chi connectivity index (χ1n) is 7.85. The molecule has 3 N–H and O–H groups in total. The lowest BCUT2D eigenvalue weighted by atomic mass is 9.86. The van der Waals surface area contributed by atoms with Crippen LogP contribution in [0.5, 0.6) is 0 Å². The van der Waals surface area contributed by atoms with E-state index in [1.807, 2.05) is 6.07 Å². The summed E-state index contributed by atoms with van der Waals surface area (Å²) in [4.78, 5) is 0. The molecule has 6 atom stereocenters. The molecule has 0 aromatic heterocycles. The van der Waals surface area contributed by atoms with Crippen LogP contribution in [-0.4, -0.2) is 17.8 Å². The molecule has 0 saturated heterocycles. The smallest absolute Gasteiger partial charge is 0.126 e. The van der Waals surface area contributed by atoms with Crippen LogP contribution in [0.15, 0.2) is 24.3 Å². The van der Waals surface area contributed by atoms with Crippen molar-refractivity contribution in [1.82, 2.24) is 0 Å². The quantitative estimate of drug-likeness (QED) is 0.887. The molecule has 3 fully saturated rings. The predicted octanol–water partition coefficient (Wildman–Crippen LogP) is 2.52. The van der Waals surface area contributed by atoms with E-state index in [2.05, 4.69) is 0 Å². The van der Waals surface area contributed by atoms with E-state index in [-0.39, 0.29) is 11.7 Å². The van der Waals surface area contributed by atoms with Crippen molar-refractivity contribution in [2.45, 2.75) is 31.3 Å². The van der Waals surface area contributed by atoms with Crippen LogP contribution in [0.25, 0.3) is 0 Å². The Bertz CT molecular complexity index is 503. The van der Waals surface area contributed by atoms with E-state index >= 15 is 0 Å². The summed E-state index contributed by atoms with van der Waals surface area (Å²) >= 11 is 0. The fraction of sp³-hybridized carbons (Fsp3) is 0.647. The van der Waals surface area contributed by atoms with Gasteiger partial charge >= 0.3 is 0 Å². The fourth-order valence-corrected chi connectivity index (χ4v) is 5.34. The van der Waals surface area contributed by atoms with Gasteiger partial charge in [0.1, 0.15) is 5.82 Å². The molecule has 0 amide bonds. The van der Waals surface area contributed by atoms with Crippen molar-refractivity contribution >= 4 is 0 Å². The maximum Gasteiger partial charge on any atom is 0.126 e. The molecule has 2 bridgehead atoms. The van der Waals surface area contributed by atoms with Gasteiger partial charge in [-0.15, -0.1) is 0 Å². The summed E-state index contributed by atoms with van der Waals surface area (Å²) in [5.74, 6) is 2.91. The van der Waals surface area contributed by atoms with Gasteiger partial charge in [-0.2, -0.15) is 0 Å². The van der Waals surface area contributed by atoms with Crippen LogP contribution in [0.3, 0.4) is 0 Å². The van der Waals surface area contributed by atoms with Crippen LogP contribution in [-0.2, 0) is 0 Å². The molecule has 3 aliphatic carbocycles. The lowest BCUT2D eigenvalue weighted by Gasteiger charge is -2.24. The second-order valence-corrected chi connectivity index (χ2v) is 6.92. The van der Waals surface area contributed by atoms with Gasteiger partial charge in [-0.1, -0.05) is 18.2 Å². The molecule has 1 aromatic carbocycles. The number of benzene rings is 1. The zero-order valence-electron chi connectivity index (χ0n) is 11.6. The highest BCUT2D eigenvalue weighted by Crippen LogP contribution is 2.71. The lowest BCUT2D eigenvalue weighted by Crippen LogP contribution is -2.30. The third-order valence-electron chi connectivity index (χ3n) is 6.16. The van der Waals surface area contributed by atoms with E-state index in [0.29, 0.717) is 29.9 Å². The summed E-state index contributed by atoms with van der Waals surface area (Å²) < 4.78 is 14.0. The molecule has 1 aromatic rings. The third-order valence-corrected chi connectivity index (χ3v) is 6.16. The fourth-order valence-electron chi connectivity index (χ4n) is 5.34. The van der Waals surface area contributed by atoms with Gasteiger partial charge in [0.2, 0.25) is 0 Å². The van der Waals surface area contributed by atoms with E-state index in [1.165, 1.54) is 25.3 Å². The van der Waals surface area contributed by atoms with Gasteiger partial charge in [0.25, 0.3) is 0 Å². The largest absolute Gasteiger partial charge is 0.392 e. The number of nitrogens with two attached hydrogens (primary N) is 1. The molecule has 20 heavy (non-hydrogen) atoms. The number of fused-ring (bicyclic) bond motifs is 5. The second-order valence-electron chi connectivity index (χ2n) is 6.92. The highest BCUT2D eigenvalue weighted by Gasteiger charge is 2.67. The van der Waals surface area contributed by atoms with Crippen molar-refractivity contribution in [2.24, 2.45) is 35.3 Å². The Labute approximate surface area is 119 Å². The van der Waals surface area contributed by atoms with Gasteiger partial charge in [0.15, 0.2) is 0 Å². The van der Waals surface area contributed by atoms with Gasteiger partial charge in [-0.05, 0) is 60.5 Å². The first-order valence-corrected chi connectivity index (χ1v) is 7.85. The Hall–Kier alpha value is -0.930. The average molecular weight is 275 g/mol. The molecular weight excluding hydrogens is 253 g/mol. The first kappa shape index (κ1) is 12.8. The molecule has 0 spiro atoms. The van der Waals surface area contributed by atoms with Crippen LogP contribution >= 0.6 is 0 Å². The number of hydrogen-bond donors (Lipinski definition) is 2. The van der Waals surface area contributed by atoms with Gasteiger partial charge in [0.05, 0.1) is 6.10 Å². The van der Waals surface area contributed by atoms with E-state index in [4.69, 9.17) is 5.73 Å². The average Bonchev–Trinajstić information content (AvgIpc) is 2.89. The molecule has 0 radical (unpaired) electrons. The summed E-state index contributed by atoms with van der Waals surface area (Å²) in [6, 6.07) is 6.74. The lowest BCUT2D eigenvalue weighted by molar-refractivity contribution is 0.101. The highest BCUT2D eigenvalue weighted by molar-refractivity contribution is 5.26. The monoisotopic (exact) mass is 275 g/mol. The Morgan fingerprint density at radius 3 is 2.45 bits per heavy atom. The van der Waals surface area contributed by atoms with Crippen LogP contribution < -0.4 is 5.73 Å². The molecule has 0 heterocycles. The standard InChI is InChI=1S/C17H22FNO/c18-13-4-2-1-3-11(13)12(8-19)17(20)16-14-9-5-6-10(7-9)15(14)16/h1-4,9-10,12,14-17,20H,5-8,19H2. The van der Waals surface area contributed by atoms with Crippen molar-refractivity contribution in [2.75, 3.05) is 6.54 Å². The second kappa shape index (κ2) is 4.54. The van der Waals surface area contributed by atoms with Crippen LogP contribution in [0.1, 0.15) is 30.7 Å². The zero-order chi connectivity index (χ0) is 13.9. The third kappa shape index (κ3) is 1.69. The van der Waals surface area contributed by atoms with E-state index in [9.17, 15) is 9.50 Å². The number of halogens is 1. The summed E-state index contributed by atoms with van der Waals surface area (Å²) in [5.41, 5.74) is 6.43. The van der Waals surface area contributed by atoms with Gasteiger partial charge in [-0.3, -0.25) is 0 Å². The van der Waals surface area contributed by atoms with Gasteiger partial charge < -0.3 is 10.8 Å². The molecule has 6 unspecified atom stereocenters. The molecule has 3 heteroatoms. The van der Waals surface area contributed by atoms with E-state index < -0.39 is 6.10 Å². The summed E-state index contributed by atoms with van der Waals surface area (Å²) in [5, 5.41) is 10.7. The summed E-state index contributed by atoms with van der Waals surface area (Å²) in [6.45, 7) is 0.313. The van der Waals surface area contributed by atoms with E-state index in [1.54, 1.807) is 12.1 Å². The predicted molar refractivity (Wildman–Crippen MR) is 75.5 cm³/mol. The van der Waals surface area contributed by atoms with Gasteiger partial charge in [0, 0.05) is 12.5 Å². The van der Waals surface area contributed by atoms with Crippen molar-refractivity contribution < 1.29 is 9.50 Å². The number of aliphatic hydroxyl groups is 1. The summed E-state index contributed by atoms with van der Waals surface area (Å²) in [7, 11) is 0. The molecule has 3 aliphatic rings. The number of rotatable bonds is 4. The Morgan fingerprint density at radius 2 is 1.85 bits per heavy atom. The molecule has 3 saturated carbocycles. The molecule has 2 nitrogen and oxygen atoms in total. The van der Waals surface area contributed by atoms with Crippen molar-refractivity contribution in [3.63, 3.8) is 0 Å². The SMILES string of the molecule is NCC(c1ccccc1F)C(O)C1C2C3CCC(C3)C21. The number of aliphatic hydroxyl groups excluding tert-OH is 1. The molecular formula is C17H22FNO. The highest BCUT2D eigenvalue weighted by atomic mass is 19.1. The van der Waals surface area contributed by atoms with E-state index in [0.717, 1.165) is 11.8 Å². The first-order chi connectivity index (χ1) is 9.72. The Morgan fingerprint density at radius 1 is 1.20 bits per heavy atom. The number of hydrogen-bond acceptors (Lipinski definition) is 2. The molecule has 0 aliphatic heterocycles.